The van der Waals surface area contributed by atoms with E-state index in [9.17, 15) is 4.79 Å². The van der Waals surface area contributed by atoms with Gasteiger partial charge in [0.1, 0.15) is 11.4 Å². The first-order valence-electron chi connectivity index (χ1n) is 12.6. The van der Waals surface area contributed by atoms with Crippen molar-refractivity contribution >= 4 is 11.5 Å². The van der Waals surface area contributed by atoms with Crippen LogP contribution in [-0.2, 0) is 0 Å². The number of hydrogen-bond acceptors (Lipinski definition) is 3. The topological polar surface area (TPSA) is 32.8 Å². The summed E-state index contributed by atoms with van der Waals surface area (Å²) < 4.78 is 6.70. The van der Waals surface area contributed by atoms with Gasteiger partial charge in [0.05, 0.1) is 0 Å². The monoisotopic (exact) mass is 446 g/mol. The van der Waals surface area contributed by atoms with E-state index < -0.39 is 0 Å². The van der Waals surface area contributed by atoms with Crippen LogP contribution in [0, 0.1) is 5.92 Å². The molecule has 1 spiro atoms. The Kier molecular flexibility index (Phi) is 7.23. The molecule has 0 N–H and O–H groups in total. The van der Waals surface area contributed by atoms with Gasteiger partial charge in [-0.05, 0) is 74.6 Å². The molecular weight excluding hydrogens is 408 g/mol. The maximum absolute atomic E-state index is 12.8. The number of likely N-dealkylation sites (tertiary alicyclic amines) is 1. The molecule has 2 aliphatic rings. The highest BCUT2D eigenvalue weighted by molar-refractivity contribution is 5.95. The highest BCUT2D eigenvalue weighted by Crippen LogP contribution is 2.43. The fourth-order valence-corrected chi connectivity index (χ4v) is 5.22. The Morgan fingerprint density at radius 1 is 1.03 bits per heavy atom. The van der Waals surface area contributed by atoms with Crippen LogP contribution >= 0.6 is 0 Å². The molecule has 2 aliphatic heterocycles. The molecule has 2 aromatic rings. The van der Waals surface area contributed by atoms with Crippen LogP contribution < -0.4 is 4.74 Å². The molecule has 0 bridgehead atoms. The third-order valence-electron chi connectivity index (χ3n) is 6.94. The molecule has 0 saturated carbocycles. The molecule has 1 saturated heterocycles. The number of nitrogens with zero attached hydrogens (tertiary/aromatic N) is 2. The summed E-state index contributed by atoms with van der Waals surface area (Å²) in [5.41, 5.74) is 3.97. The van der Waals surface area contributed by atoms with E-state index in [1.54, 1.807) is 0 Å². The maximum Gasteiger partial charge on any atom is 0.253 e. The number of hydrogen-bond donors (Lipinski definition) is 0. The van der Waals surface area contributed by atoms with Gasteiger partial charge in [0.25, 0.3) is 5.91 Å². The minimum atomic E-state index is -0.273. The lowest BCUT2D eigenvalue weighted by atomic mass is 9.84. The van der Waals surface area contributed by atoms with E-state index in [2.05, 4.69) is 61.2 Å². The van der Waals surface area contributed by atoms with E-state index in [-0.39, 0.29) is 11.5 Å². The van der Waals surface area contributed by atoms with Crippen molar-refractivity contribution in [1.29, 1.82) is 0 Å². The molecule has 1 amide bonds. The summed E-state index contributed by atoms with van der Waals surface area (Å²) in [7, 11) is 0. The molecule has 4 nitrogen and oxygen atoms in total. The first-order chi connectivity index (χ1) is 15.9. The van der Waals surface area contributed by atoms with Gasteiger partial charge in [-0.2, -0.15) is 0 Å². The zero-order chi connectivity index (χ0) is 23.4. The number of fused-ring (bicyclic) bond motifs is 1. The minimum Gasteiger partial charge on any atom is -0.482 e. The van der Waals surface area contributed by atoms with E-state index in [0.717, 1.165) is 74.4 Å². The summed E-state index contributed by atoms with van der Waals surface area (Å²) in [5, 5.41) is 0. The summed E-state index contributed by atoms with van der Waals surface area (Å²) in [5.74, 6) is 1.74. The molecule has 176 valence electrons. The Balaban J connectivity index is 1.65. The molecule has 33 heavy (non-hydrogen) atoms. The van der Waals surface area contributed by atoms with Crippen LogP contribution in [0.25, 0.3) is 5.57 Å². The van der Waals surface area contributed by atoms with E-state index in [4.69, 9.17) is 4.74 Å². The number of ether oxygens (including phenoxy) is 1. The van der Waals surface area contributed by atoms with Crippen LogP contribution in [0.15, 0.2) is 54.6 Å². The fraction of sp³-hybridized carbons (Fsp3) is 0.483. The predicted octanol–water partition coefficient (Wildman–Crippen LogP) is 5.87. The summed E-state index contributed by atoms with van der Waals surface area (Å²) in [6.07, 6.45) is 5.53. The van der Waals surface area contributed by atoms with Crippen LogP contribution in [0.3, 0.4) is 0 Å². The van der Waals surface area contributed by atoms with Gasteiger partial charge < -0.3 is 14.5 Å². The van der Waals surface area contributed by atoms with Crippen molar-refractivity contribution in [3.05, 3.63) is 71.3 Å². The standard InChI is InChI=1S/C29H38N2O2/c1-5-31(6-2)28(32)24-14-12-23(13-15-24)26-20-29(33-27-11-8-7-10-25(26)27)16-9-18-30(19-17-29)21-22(3)4/h7-8,10-15,20,22H,5-6,9,16-19,21H2,1-4H3. The predicted molar refractivity (Wildman–Crippen MR) is 136 cm³/mol. The second-order valence-electron chi connectivity index (χ2n) is 9.82. The number of rotatable bonds is 6. The zero-order valence-corrected chi connectivity index (χ0v) is 20.6. The average molecular weight is 447 g/mol. The molecule has 1 unspecified atom stereocenters. The van der Waals surface area contributed by atoms with E-state index in [1.165, 1.54) is 5.57 Å². The fourth-order valence-electron chi connectivity index (χ4n) is 5.22. The van der Waals surface area contributed by atoms with Gasteiger partial charge in [-0.25, -0.2) is 0 Å². The van der Waals surface area contributed by atoms with Gasteiger partial charge in [0.15, 0.2) is 0 Å². The lowest BCUT2D eigenvalue weighted by Gasteiger charge is -2.37. The highest BCUT2D eigenvalue weighted by atomic mass is 16.5. The van der Waals surface area contributed by atoms with Crippen molar-refractivity contribution in [2.24, 2.45) is 5.92 Å². The summed E-state index contributed by atoms with van der Waals surface area (Å²) >= 11 is 0. The van der Waals surface area contributed by atoms with Gasteiger partial charge in [-0.1, -0.05) is 44.2 Å². The normalized spacial score (nSPS) is 20.7. The van der Waals surface area contributed by atoms with Crippen molar-refractivity contribution in [2.75, 3.05) is 32.7 Å². The first-order valence-corrected chi connectivity index (χ1v) is 12.6. The van der Waals surface area contributed by atoms with Crippen LogP contribution in [0.5, 0.6) is 5.75 Å². The van der Waals surface area contributed by atoms with Gasteiger partial charge in [-0.15, -0.1) is 0 Å². The minimum absolute atomic E-state index is 0.0957. The Hall–Kier alpha value is -2.59. The Labute approximate surface area is 199 Å². The third kappa shape index (κ3) is 5.16. The van der Waals surface area contributed by atoms with Gasteiger partial charge in [0.2, 0.25) is 0 Å². The lowest BCUT2D eigenvalue weighted by molar-refractivity contribution is 0.0773. The molecule has 1 fully saturated rings. The molecule has 4 heteroatoms. The van der Waals surface area contributed by atoms with Crippen LogP contribution in [0.1, 0.15) is 68.4 Å². The molecule has 0 aromatic heterocycles. The first kappa shape index (κ1) is 23.6. The number of carbonyl (C=O) groups excluding carboxylic acids is 1. The molecule has 1 atom stereocenters. The Morgan fingerprint density at radius 2 is 1.76 bits per heavy atom. The van der Waals surface area contributed by atoms with Gasteiger partial charge in [0, 0.05) is 43.7 Å². The maximum atomic E-state index is 12.8. The molecular formula is C29H38N2O2. The second-order valence-corrected chi connectivity index (χ2v) is 9.82. The Bertz CT molecular complexity index is 991. The molecule has 0 aliphatic carbocycles. The lowest BCUT2D eigenvalue weighted by Crippen LogP contribution is -2.38. The Morgan fingerprint density at radius 3 is 2.45 bits per heavy atom. The number of benzene rings is 2. The highest BCUT2D eigenvalue weighted by Gasteiger charge is 2.37. The van der Waals surface area contributed by atoms with Gasteiger partial charge in [-0.3, -0.25) is 4.79 Å². The van der Waals surface area contributed by atoms with E-state index >= 15 is 0 Å². The van der Waals surface area contributed by atoms with Crippen molar-refractivity contribution in [2.45, 2.75) is 52.6 Å². The second kappa shape index (κ2) is 10.1. The van der Waals surface area contributed by atoms with E-state index in [0.29, 0.717) is 5.92 Å². The quantitative estimate of drug-likeness (QED) is 0.556. The smallest absolute Gasteiger partial charge is 0.253 e. The number of carbonyl (C=O) groups is 1. The van der Waals surface area contributed by atoms with Crippen molar-refractivity contribution in [1.82, 2.24) is 9.80 Å². The third-order valence-corrected chi connectivity index (χ3v) is 6.94. The van der Waals surface area contributed by atoms with Crippen LogP contribution in [0.2, 0.25) is 0 Å². The molecule has 2 aromatic carbocycles. The van der Waals surface area contributed by atoms with E-state index in [1.807, 2.05) is 30.9 Å². The van der Waals surface area contributed by atoms with Gasteiger partial charge >= 0.3 is 0 Å². The molecule has 0 radical (unpaired) electrons. The SMILES string of the molecule is CCN(CC)C(=O)c1ccc(C2=CC3(CCCN(CC(C)C)CC3)Oc3ccccc32)cc1. The summed E-state index contributed by atoms with van der Waals surface area (Å²) in [6.45, 7) is 13.4. The van der Waals surface area contributed by atoms with Crippen molar-refractivity contribution < 1.29 is 9.53 Å². The molecule has 4 rings (SSSR count). The summed E-state index contributed by atoms with van der Waals surface area (Å²) in [4.78, 5) is 17.2. The summed E-state index contributed by atoms with van der Waals surface area (Å²) in [6, 6.07) is 16.5. The van der Waals surface area contributed by atoms with Crippen LogP contribution in [0.4, 0.5) is 0 Å². The van der Waals surface area contributed by atoms with Crippen LogP contribution in [-0.4, -0.2) is 54.0 Å². The largest absolute Gasteiger partial charge is 0.482 e. The van der Waals surface area contributed by atoms with Crippen molar-refractivity contribution in [3.8, 4) is 5.75 Å². The number of para-hydroxylation sites is 1. The zero-order valence-electron chi connectivity index (χ0n) is 20.6. The average Bonchev–Trinajstić information content (AvgIpc) is 3.01. The van der Waals surface area contributed by atoms with Crippen molar-refractivity contribution in [3.63, 3.8) is 0 Å². The number of amides is 1. The molecule has 2 heterocycles.